The second kappa shape index (κ2) is 5.57. The highest BCUT2D eigenvalue weighted by Gasteiger charge is 2.14. The number of carbonyl (C=O) groups excluding carboxylic acids is 2. The summed E-state index contributed by atoms with van der Waals surface area (Å²) in [5.74, 6) is 0. The molecule has 12 heavy (non-hydrogen) atoms. The lowest BCUT2D eigenvalue weighted by Gasteiger charge is -2.24. The van der Waals surface area contributed by atoms with Crippen LogP contribution in [-0.2, 0) is 4.79 Å². The third-order valence-electron chi connectivity index (χ3n) is 1.51. The van der Waals surface area contributed by atoms with E-state index in [-0.39, 0.29) is 12.1 Å². The van der Waals surface area contributed by atoms with Crippen molar-refractivity contribution < 1.29 is 9.59 Å². The first-order valence-electron chi connectivity index (χ1n) is 4.07. The van der Waals surface area contributed by atoms with Crippen LogP contribution >= 0.6 is 0 Å². The quantitative estimate of drug-likeness (QED) is 0.638. The molecule has 3 amide bonds. The third-order valence-corrected chi connectivity index (χ3v) is 1.51. The van der Waals surface area contributed by atoms with E-state index in [1.54, 1.807) is 4.90 Å². The van der Waals surface area contributed by atoms with Gasteiger partial charge in [-0.05, 0) is 20.3 Å². The molecule has 0 saturated heterocycles. The van der Waals surface area contributed by atoms with Crippen molar-refractivity contribution in [2.75, 3.05) is 6.54 Å². The molecule has 0 saturated carbocycles. The molecule has 0 spiro atoms. The van der Waals surface area contributed by atoms with E-state index in [4.69, 9.17) is 0 Å². The van der Waals surface area contributed by atoms with Gasteiger partial charge in [0.25, 0.3) is 0 Å². The molecule has 0 bridgehead atoms. The minimum atomic E-state index is -0.373. The molecule has 0 aromatic heterocycles. The molecule has 1 radical (unpaired) electrons. The monoisotopic (exact) mass is 171 g/mol. The van der Waals surface area contributed by atoms with Crippen LogP contribution in [0.25, 0.3) is 0 Å². The summed E-state index contributed by atoms with van der Waals surface area (Å²) < 4.78 is 0. The van der Waals surface area contributed by atoms with Crippen molar-refractivity contribution in [1.29, 1.82) is 0 Å². The topological polar surface area (TPSA) is 49.4 Å². The van der Waals surface area contributed by atoms with Crippen LogP contribution in [0.4, 0.5) is 4.79 Å². The molecule has 4 nitrogen and oxygen atoms in total. The fourth-order valence-corrected chi connectivity index (χ4v) is 0.951. The number of rotatable bonds is 4. The van der Waals surface area contributed by atoms with Gasteiger partial charge in [0.15, 0.2) is 0 Å². The SMILES string of the molecule is CCCN(C(=O)N[C]=O)C(C)C. The Morgan fingerprint density at radius 3 is 2.50 bits per heavy atom. The van der Waals surface area contributed by atoms with E-state index in [2.05, 4.69) is 0 Å². The second-order valence-electron chi connectivity index (χ2n) is 2.82. The van der Waals surface area contributed by atoms with Crippen LogP contribution in [-0.4, -0.2) is 29.9 Å². The predicted octanol–water partition coefficient (Wildman–Crippen LogP) is 0.884. The summed E-state index contributed by atoms with van der Waals surface area (Å²) in [5, 5.41) is 1.99. The fourth-order valence-electron chi connectivity index (χ4n) is 0.951. The number of urea groups is 1. The zero-order valence-corrected chi connectivity index (χ0v) is 7.76. The van der Waals surface area contributed by atoms with Crippen molar-refractivity contribution in [3.05, 3.63) is 0 Å². The number of nitrogens with zero attached hydrogens (tertiary/aromatic N) is 1. The molecular weight excluding hydrogens is 156 g/mol. The van der Waals surface area contributed by atoms with Gasteiger partial charge >= 0.3 is 12.4 Å². The first-order chi connectivity index (χ1) is 5.63. The van der Waals surface area contributed by atoms with Crippen LogP contribution in [0.3, 0.4) is 0 Å². The summed E-state index contributed by atoms with van der Waals surface area (Å²) in [6.45, 7) is 6.44. The summed E-state index contributed by atoms with van der Waals surface area (Å²) in [6, 6.07) is -0.264. The lowest BCUT2D eigenvalue weighted by atomic mass is 10.3. The van der Waals surface area contributed by atoms with E-state index >= 15 is 0 Å². The number of amides is 3. The van der Waals surface area contributed by atoms with E-state index in [0.29, 0.717) is 6.54 Å². The number of carbonyl (C=O) groups is 1. The molecule has 0 aromatic carbocycles. The molecule has 0 aromatic rings. The van der Waals surface area contributed by atoms with Crippen LogP contribution in [0.1, 0.15) is 27.2 Å². The van der Waals surface area contributed by atoms with Crippen molar-refractivity contribution in [3.63, 3.8) is 0 Å². The van der Waals surface area contributed by atoms with Gasteiger partial charge in [0.1, 0.15) is 0 Å². The van der Waals surface area contributed by atoms with Gasteiger partial charge in [-0.25, -0.2) is 4.79 Å². The summed E-state index contributed by atoms with van der Waals surface area (Å²) in [7, 11) is 0. The van der Waals surface area contributed by atoms with E-state index < -0.39 is 0 Å². The predicted molar refractivity (Wildman–Crippen MR) is 46.4 cm³/mol. The Hall–Kier alpha value is -1.06. The van der Waals surface area contributed by atoms with Crippen LogP contribution in [0.2, 0.25) is 0 Å². The van der Waals surface area contributed by atoms with Crippen LogP contribution in [0, 0.1) is 0 Å². The molecule has 0 fully saturated rings. The van der Waals surface area contributed by atoms with Crippen LogP contribution in [0.5, 0.6) is 0 Å². The Bertz CT molecular complexity index is 157. The standard InChI is InChI=1S/C8H15N2O2/c1-4-5-10(7(2)3)8(12)9-6-11/h7H,4-5H2,1-3H3,(H,9,11,12). The lowest BCUT2D eigenvalue weighted by molar-refractivity contribution is 0.188. The van der Waals surface area contributed by atoms with Crippen molar-refractivity contribution >= 4 is 12.4 Å². The molecule has 0 unspecified atom stereocenters. The molecular formula is C8H15N2O2. The van der Waals surface area contributed by atoms with Crippen molar-refractivity contribution in [1.82, 2.24) is 10.2 Å². The molecule has 4 heteroatoms. The average molecular weight is 171 g/mol. The van der Waals surface area contributed by atoms with Gasteiger partial charge in [0.2, 0.25) is 0 Å². The van der Waals surface area contributed by atoms with E-state index in [9.17, 15) is 9.59 Å². The Balaban J connectivity index is 4.08. The van der Waals surface area contributed by atoms with Crippen molar-refractivity contribution in [2.45, 2.75) is 33.2 Å². The summed E-state index contributed by atoms with van der Waals surface area (Å²) >= 11 is 0. The highest BCUT2D eigenvalue weighted by molar-refractivity contribution is 5.84. The molecule has 0 rings (SSSR count). The minimum absolute atomic E-state index is 0.110. The number of hydrogen-bond donors (Lipinski definition) is 1. The number of hydrogen-bond acceptors (Lipinski definition) is 2. The van der Waals surface area contributed by atoms with Crippen molar-refractivity contribution in [3.8, 4) is 0 Å². The smallest absolute Gasteiger partial charge is 0.322 e. The Morgan fingerprint density at radius 2 is 2.17 bits per heavy atom. The zero-order chi connectivity index (χ0) is 9.56. The lowest BCUT2D eigenvalue weighted by Crippen LogP contribution is -2.43. The minimum Gasteiger partial charge on any atom is -0.322 e. The van der Waals surface area contributed by atoms with Crippen LogP contribution < -0.4 is 5.32 Å². The van der Waals surface area contributed by atoms with Crippen LogP contribution in [0.15, 0.2) is 0 Å². The highest BCUT2D eigenvalue weighted by atomic mass is 16.2. The maximum atomic E-state index is 11.1. The molecule has 0 atom stereocenters. The van der Waals surface area contributed by atoms with Gasteiger partial charge in [-0.1, -0.05) is 6.92 Å². The Labute approximate surface area is 72.9 Å². The van der Waals surface area contributed by atoms with Gasteiger partial charge in [0.05, 0.1) is 0 Å². The van der Waals surface area contributed by atoms with E-state index in [0.717, 1.165) is 6.42 Å². The first-order valence-corrected chi connectivity index (χ1v) is 4.07. The Kier molecular flexibility index (Phi) is 5.08. The molecule has 0 aliphatic rings. The van der Waals surface area contributed by atoms with Gasteiger partial charge in [-0.2, -0.15) is 0 Å². The molecule has 69 valence electrons. The highest BCUT2D eigenvalue weighted by Crippen LogP contribution is 1.99. The van der Waals surface area contributed by atoms with Gasteiger partial charge in [-0.15, -0.1) is 0 Å². The van der Waals surface area contributed by atoms with E-state index in [1.165, 1.54) is 6.41 Å². The maximum absolute atomic E-state index is 11.1. The van der Waals surface area contributed by atoms with Gasteiger partial charge < -0.3 is 4.90 Å². The van der Waals surface area contributed by atoms with E-state index in [1.807, 2.05) is 26.1 Å². The Morgan fingerprint density at radius 1 is 1.58 bits per heavy atom. The normalized spacial score (nSPS) is 9.67. The maximum Gasteiger partial charge on any atom is 0.324 e. The second-order valence-corrected chi connectivity index (χ2v) is 2.82. The van der Waals surface area contributed by atoms with Crippen molar-refractivity contribution in [2.24, 2.45) is 0 Å². The number of imide groups is 1. The summed E-state index contributed by atoms with van der Waals surface area (Å²) in [4.78, 5) is 22.6. The van der Waals surface area contributed by atoms with Gasteiger partial charge in [0, 0.05) is 12.6 Å². The largest absolute Gasteiger partial charge is 0.324 e. The summed E-state index contributed by atoms with van der Waals surface area (Å²) in [5.41, 5.74) is 0. The third kappa shape index (κ3) is 3.37. The average Bonchev–Trinajstić information content (AvgIpc) is 1.99. The number of nitrogens with one attached hydrogen (secondary N) is 1. The molecule has 0 aliphatic heterocycles. The molecule has 0 aliphatic carbocycles. The van der Waals surface area contributed by atoms with Gasteiger partial charge in [-0.3, -0.25) is 10.1 Å². The fraction of sp³-hybridized carbons (Fsp3) is 0.750. The first kappa shape index (κ1) is 10.9. The molecule has 1 N–H and O–H groups in total. The zero-order valence-electron chi connectivity index (χ0n) is 7.76. The molecule has 0 heterocycles. The summed E-state index contributed by atoms with van der Waals surface area (Å²) in [6.07, 6.45) is 2.25.